The average Bonchev–Trinajstić information content (AvgIpc) is 3.35. The van der Waals surface area contributed by atoms with Gasteiger partial charge >= 0.3 is 12.9 Å². The molecular weight excluding hydrogens is 592 g/mol. The first kappa shape index (κ1) is 35.0. The van der Waals surface area contributed by atoms with Crippen LogP contribution in [0.2, 0.25) is 0 Å². The summed E-state index contributed by atoms with van der Waals surface area (Å²) in [6, 6.07) is 6.63. The zero-order chi connectivity index (χ0) is 33.0. The molecule has 2 aromatic heterocycles. The maximum absolute atomic E-state index is 12.7. The first-order valence-electron chi connectivity index (χ1n) is 14.1. The van der Waals surface area contributed by atoms with Gasteiger partial charge in [0.25, 0.3) is 0 Å². The Labute approximate surface area is 251 Å². The van der Waals surface area contributed by atoms with Crippen LogP contribution in [0.3, 0.4) is 0 Å². The number of nitrogens with zero attached hydrogens (tertiary/aromatic N) is 5. The number of fused-ring (bicyclic) bond motifs is 1. The molecule has 3 aromatic rings. The summed E-state index contributed by atoms with van der Waals surface area (Å²) < 4.78 is 68.5. The molecule has 5 rings (SSSR count). The number of piperazine rings is 1. The Morgan fingerprint density at radius 2 is 1.68 bits per heavy atom. The van der Waals surface area contributed by atoms with Crippen molar-refractivity contribution in [3.8, 4) is 11.3 Å². The van der Waals surface area contributed by atoms with Crippen LogP contribution in [0, 0.1) is 5.92 Å². The molecular formula is C30H37F6N5O3. The number of hydrogen-bond acceptors (Lipinski definition) is 6. The van der Waals surface area contributed by atoms with Gasteiger partial charge in [-0.1, -0.05) is 26.0 Å². The molecule has 1 aliphatic heterocycles. The molecule has 1 amide bonds. The Balaban J connectivity index is 0.000000228. The zero-order valence-electron chi connectivity index (χ0n) is 25.2. The van der Waals surface area contributed by atoms with Crippen molar-refractivity contribution < 1.29 is 41.0 Å². The van der Waals surface area contributed by atoms with E-state index in [0.717, 1.165) is 37.3 Å². The van der Waals surface area contributed by atoms with Gasteiger partial charge < -0.3 is 10.0 Å². The number of amides is 1. The number of carbonyl (C=O) groups excluding carboxylic acids is 2. The molecule has 0 bridgehead atoms. The number of rotatable bonds is 4. The van der Waals surface area contributed by atoms with Crippen molar-refractivity contribution in [1.29, 1.82) is 0 Å². The minimum atomic E-state index is -4.37. The van der Waals surface area contributed by atoms with Crippen LogP contribution in [0.25, 0.3) is 16.9 Å². The maximum atomic E-state index is 12.7. The van der Waals surface area contributed by atoms with Gasteiger partial charge in [-0.05, 0) is 57.9 Å². The zero-order valence-corrected chi connectivity index (χ0v) is 25.2. The monoisotopic (exact) mass is 629 g/mol. The number of benzene rings is 1. The van der Waals surface area contributed by atoms with Crippen molar-refractivity contribution in [2.24, 2.45) is 5.92 Å². The van der Waals surface area contributed by atoms with Crippen molar-refractivity contribution in [3.05, 3.63) is 53.3 Å². The van der Waals surface area contributed by atoms with E-state index in [1.54, 1.807) is 6.07 Å². The molecule has 1 saturated heterocycles. The van der Waals surface area contributed by atoms with Crippen molar-refractivity contribution in [1.82, 2.24) is 24.4 Å². The molecule has 0 atom stereocenters. The van der Waals surface area contributed by atoms with Crippen LogP contribution < -0.4 is 0 Å². The van der Waals surface area contributed by atoms with E-state index in [1.165, 1.54) is 22.8 Å². The van der Waals surface area contributed by atoms with Crippen LogP contribution in [-0.2, 0) is 11.0 Å². The Kier molecular flexibility index (Phi) is 11.2. The van der Waals surface area contributed by atoms with Gasteiger partial charge in [0.15, 0.2) is 11.9 Å². The summed E-state index contributed by atoms with van der Waals surface area (Å²) in [7, 11) is 2.11. The molecule has 1 N–H and O–H groups in total. The van der Waals surface area contributed by atoms with Crippen molar-refractivity contribution in [2.45, 2.75) is 71.0 Å². The highest BCUT2D eigenvalue weighted by atomic mass is 19.4. The third kappa shape index (κ3) is 8.78. The number of aromatic nitrogens is 3. The molecule has 0 spiro atoms. The van der Waals surface area contributed by atoms with Gasteiger partial charge in [-0.15, -0.1) is 0 Å². The highest BCUT2D eigenvalue weighted by Gasteiger charge is 2.40. The standard InChI is InChI=1S/C17H14F3N3O.C12H22N2O2.CHF3/c1-10(2)14-7-15(22-23-8-13(9-24)21-16(14)23)11-3-5-12(6-4-11)17(18,19)20;1-12(2)8-14(5-4-13(12)3)11(16)9-6-10(15)7-9;2-1(3)4/h3-10H,1-2H3;9-10,15H,4-8H2,1-3H3;1H. The van der Waals surface area contributed by atoms with Crippen LogP contribution in [-0.4, -0.2) is 86.7 Å². The summed E-state index contributed by atoms with van der Waals surface area (Å²) in [4.78, 5) is 31.5. The van der Waals surface area contributed by atoms with Gasteiger partial charge in [0.2, 0.25) is 5.91 Å². The SMILES string of the molecule is CC(C)c1cc(-c2ccc(C(F)(F)F)cc2)nn2cc(C=O)nc12.CN1CCN(C(=O)C2CC(O)C2)CC1(C)C.FC(F)F. The summed E-state index contributed by atoms with van der Waals surface area (Å²) in [5, 5.41) is 13.6. The fourth-order valence-electron chi connectivity index (χ4n) is 4.95. The smallest absolute Gasteiger partial charge is 0.393 e. The molecule has 0 unspecified atom stereocenters. The molecule has 14 heteroatoms. The minimum Gasteiger partial charge on any atom is -0.393 e. The van der Waals surface area contributed by atoms with Gasteiger partial charge in [0.05, 0.1) is 23.6 Å². The molecule has 0 radical (unpaired) electrons. The summed E-state index contributed by atoms with van der Waals surface area (Å²) in [5.74, 6) is 0.436. The Morgan fingerprint density at radius 1 is 1.09 bits per heavy atom. The van der Waals surface area contributed by atoms with E-state index in [4.69, 9.17) is 0 Å². The second-order valence-electron chi connectivity index (χ2n) is 11.8. The summed E-state index contributed by atoms with van der Waals surface area (Å²) in [6.07, 6.45) is -1.16. The number of aliphatic hydroxyl groups excluding tert-OH is 1. The molecule has 242 valence electrons. The minimum absolute atomic E-state index is 0.0657. The fraction of sp³-hybridized carbons (Fsp3) is 0.533. The number of imidazole rings is 1. The van der Waals surface area contributed by atoms with Crippen molar-refractivity contribution >= 4 is 17.8 Å². The van der Waals surface area contributed by atoms with Gasteiger partial charge in [0, 0.05) is 42.2 Å². The molecule has 1 aromatic carbocycles. The second kappa shape index (κ2) is 14.1. The number of aldehydes is 1. The Hall–Kier alpha value is -3.52. The first-order valence-corrected chi connectivity index (χ1v) is 14.1. The normalized spacial score (nSPS) is 20.0. The highest BCUT2D eigenvalue weighted by molar-refractivity contribution is 5.80. The predicted octanol–water partition coefficient (Wildman–Crippen LogP) is 5.84. The van der Waals surface area contributed by atoms with E-state index in [9.17, 15) is 41.0 Å². The third-order valence-electron chi connectivity index (χ3n) is 7.81. The van der Waals surface area contributed by atoms with E-state index in [2.05, 4.69) is 35.9 Å². The quantitative estimate of drug-likeness (QED) is 0.288. The van der Waals surface area contributed by atoms with Gasteiger partial charge in [-0.25, -0.2) is 9.50 Å². The van der Waals surface area contributed by atoms with Crippen LogP contribution in [0.1, 0.15) is 68.1 Å². The highest BCUT2D eigenvalue weighted by Crippen LogP contribution is 2.32. The average molecular weight is 630 g/mol. The number of carbonyl (C=O) groups is 2. The number of alkyl halides is 6. The Bertz CT molecular complexity index is 1420. The van der Waals surface area contributed by atoms with E-state index < -0.39 is 18.4 Å². The van der Waals surface area contributed by atoms with Crippen LogP contribution in [0.5, 0.6) is 0 Å². The second-order valence-corrected chi connectivity index (χ2v) is 11.8. The largest absolute Gasteiger partial charge is 0.416 e. The van der Waals surface area contributed by atoms with E-state index in [0.29, 0.717) is 36.0 Å². The van der Waals surface area contributed by atoms with Crippen molar-refractivity contribution in [2.75, 3.05) is 26.7 Å². The van der Waals surface area contributed by atoms with E-state index >= 15 is 0 Å². The lowest BCUT2D eigenvalue weighted by Crippen LogP contribution is -2.60. The van der Waals surface area contributed by atoms with Crippen LogP contribution in [0.4, 0.5) is 26.3 Å². The van der Waals surface area contributed by atoms with Gasteiger partial charge in [-0.3, -0.25) is 14.5 Å². The maximum Gasteiger partial charge on any atom is 0.416 e. The topological polar surface area (TPSA) is 91.0 Å². The lowest BCUT2D eigenvalue weighted by Gasteiger charge is -2.47. The number of aliphatic hydroxyl groups is 1. The molecule has 44 heavy (non-hydrogen) atoms. The lowest BCUT2D eigenvalue weighted by atomic mass is 9.81. The lowest BCUT2D eigenvalue weighted by molar-refractivity contribution is -0.146. The number of likely N-dealkylation sites (N-methyl/N-ethyl adjacent to an activating group) is 1. The summed E-state index contributed by atoms with van der Waals surface area (Å²) in [5.41, 5.74) is 2.14. The van der Waals surface area contributed by atoms with E-state index in [-0.39, 0.29) is 35.1 Å². The third-order valence-corrected chi connectivity index (χ3v) is 7.81. The predicted molar refractivity (Wildman–Crippen MR) is 152 cm³/mol. The molecule has 2 aliphatic rings. The molecule has 1 aliphatic carbocycles. The molecule has 1 saturated carbocycles. The van der Waals surface area contributed by atoms with Gasteiger partial charge in [0.1, 0.15) is 5.69 Å². The molecule has 2 fully saturated rings. The number of halogens is 6. The first-order chi connectivity index (χ1) is 20.4. The van der Waals surface area contributed by atoms with Crippen molar-refractivity contribution in [3.63, 3.8) is 0 Å². The summed E-state index contributed by atoms with van der Waals surface area (Å²) >= 11 is 0. The number of hydrogen-bond donors (Lipinski definition) is 1. The van der Waals surface area contributed by atoms with Crippen LogP contribution >= 0.6 is 0 Å². The van der Waals surface area contributed by atoms with E-state index in [1.807, 2.05) is 18.7 Å². The van der Waals surface area contributed by atoms with Gasteiger partial charge in [-0.2, -0.15) is 31.4 Å². The molecule has 3 heterocycles. The Morgan fingerprint density at radius 3 is 2.16 bits per heavy atom. The fourth-order valence-corrected chi connectivity index (χ4v) is 4.95. The summed E-state index contributed by atoms with van der Waals surface area (Å²) in [6.45, 7) is 7.18. The molecule has 8 nitrogen and oxygen atoms in total. The van der Waals surface area contributed by atoms with Crippen LogP contribution in [0.15, 0.2) is 36.5 Å².